The van der Waals surface area contributed by atoms with Gasteiger partial charge in [0.15, 0.2) is 6.61 Å². The Kier molecular flexibility index (Phi) is 5.83. The zero-order valence-corrected chi connectivity index (χ0v) is 11.9. The third-order valence-electron chi connectivity index (χ3n) is 3.27. The minimum atomic E-state index is -0.577. The van der Waals surface area contributed by atoms with Crippen LogP contribution in [0.4, 0.5) is 0 Å². The summed E-state index contributed by atoms with van der Waals surface area (Å²) in [6, 6.07) is 7.68. The molecule has 2 N–H and O–H groups in total. The Morgan fingerprint density at radius 1 is 1.32 bits per heavy atom. The SMILES string of the molecule is CCc1ccc(OCC(=O)NC(C)(CC)CO)cc1. The number of nitrogens with one attached hydrogen (secondary N) is 1. The Bertz CT molecular complexity index is 396. The monoisotopic (exact) mass is 265 g/mol. The molecule has 0 bridgehead atoms. The fraction of sp³-hybridized carbons (Fsp3) is 0.533. The molecule has 1 unspecified atom stereocenters. The third kappa shape index (κ3) is 4.91. The lowest BCUT2D eigenvalue weighted by atomic mass is 10.0. The first-order chi connectivity index (χ1) is 9.03. The number of hydrogen-bond acceptors (Lipinski definition) is 3. The van der Waals surface area contributed by atoms with Gasteiger partial charge in [-0.25, -0.2) is 0 Å². The summed E-state index contributed by atoms with van der Waals surface area (Å²) in [4.78, 5) is 11.7. The van der Waals surface area contributed by atoms with Crippen LogP contribution in [0.15, 0.2) is 24.3 Å². The highest BCUT2D eigenvalue weighted by Crippen LogP contribution is 2.13. The molecular formula is C15H23NO3. The minimum Gasteiger partial charge on any atom is -0.484 e. The van der Waals surface area contributed by atoms with Crippen LogP contribution in [-0.2, 0) is 11.2 Å². The summed E-state index contributed by atoms with van der Waals surface area (Å²) in [6.07, 6.45) is 1.65. The number of carbonyl (C=O) groups excluding carboxylic acids is 1. The van der Waals surface area contributed by atoms with E-state index in [-0.39, 0.29) is 19.1 Å². The molecule has 0 aliphatic carbocycles. The molecule has 4 nitrogen and oxygen atoms in total. The van der Waals surface area contributed by atoms with E-state index in [1.807, 2.05) is 31.2 Å². The van der Waals surface area contributed by atoms with Gasteiger partial charge in [0.1, 0.15) is 5.75 Å². The van der Waals surface area contributed by atoms with Gasteiger partial charge in [-0.15, -0.1) is 0 Å². The molecule has 1 aromatic carbocycles. The molecule has 19 heavy (non-hydrogen) atoms. The maximum Gasteiger partial charge on any atom is 0.258 e. The fourth-order valence-electron chi connectivity index (χ4n) is 1.58. The number of amides is 1. The second-order valence-corrected chi connectivity index (χ2v) is 4.91. The highest BCUT2D eigenvalue weighted by molar-refractivity contribution is 5.78. The topological polar surface area (TPSA) is 58.6 Å². The minimum absolute atomic E-state index is 0.0406. The van der Waals surface area contributed by atoms with Gasteiger partial charge in [-0.3, -0.25) is 4.79 Å². The summed E-state index contributed by atoms with van der Waals surface area (Å²) in [5.41, 5.74) is 0.655. The van der Waals surface area contributed by atoms with Crippen molar-refractivity contribution in [1.29, 1.82) is 0 Å². The molecular weight excluding hydrogens is 242 g/mol. The lowest BCUT2D eigenvalue weighted by Gasteiger charge is -2.27. The summed E-state index contributed by atoms with van der Waals surface area (Å²) >= 11 is 0. The molecule has 0 saturated heterocycles. The first kappa shape index (κ1) is 15.5. The standard InChI is InChI=1S/C15H23NO3/c1-4-12-6-8-13(9-7-12)19-10-14(18)16-15(3,5-2)11-17/h6-9,17H,4-5,10-11H2,1-3H3,(H,16,18). The first-order valence-electron chi connectivity index (χ1n) is 6.66. The molecule has 4 heteroatoms. The highest BCUT2D eigenvalue weighted by Gasteiger charge is 2.23. The van der Waals surface area contributed by atoms with Crippen LogP contribution in [0.2, 0.25) is 0 Å². The maximum atomic E-state index is 11.7. The van der Waals surface area contributed by atoms with E-state index in [2.05, 4.69) is 12.2 Å². The van der Waals surface area contributed by atoms with Gasteiger partial charge in [-0.2, -0.15) is 0 Å². The van der Waals surface area contributed by atoms with Crippen molar-refractivity contribution in [3.05, 3.63) is 29.8 Å². The van der Waals surface area contributed by atoms with Crippen molar-refractivity contribution in [2.24, 2.45) is 0 Å². The van der Waals surface area contributed by atoms with Crippen molar-refractivity contribution in [3.8, 4) is 5.75 Å². The van der Waals surface area contributed by atoms with Crippen molar-refractivity contribution < 1.29 is 14.6 Å². The van der Waals surface area contributed by atoms with Crippen LogP contribution in [0, 0.1) is 0 Å². The lowest BCUT2D eigenvalue weighted by molar-refractivity contribution is -0.125. The van der Waals surface area contributed by atoms with E-state index in [0.717, 1.165) is 6.42 Å². The molecule has 1 amide bonds. The quantitative estimate of drug-likeness (QED) is 0.791. The van der Waals surface area contributed by atoms with Gasteiger partial charge < -0.3 is 15.2 Å². The molecule has 0 radical (unpaired) electrons. The molecule has 0 aliphatic rings. The van der Waals surface area contributed by atoms with E-state index in [0.29, 0.717) is 12.2 Å². The number of hydrogen-bond donors (Lipinski definition) is 2. The van der Waals surface area contributed by atoms with Crippen LogP contribution in [-0.4, -0.2) is 29.8 Å². The molecule has 0 saturated carbocycles. The smallest absolute Gasteiger partial charge is 0.258 e. The van der Waals surface area contributed by atoms with Gasteiger partial charge in [0.25, 0.3) is 5.91 Å². The van der Waals surface area contributed by atoms with Crippen LogP contribution in [0.5, 0.6) is 5.75 Å². The zero-order valence-electron chi connectivity index (χ0n) is 11.9. The second-order valence-electron chi connectivity index (χ2n) is 4.91. The number of aliphatic hydroxyl groups is 1. The molecule has 0 aromatic heterocycles. The Morgan fingerprint density at radius 2 is 1.95 bits per heavy atom. The van der Waals surface area contributed by atoms with Crippen molar-refractivity contribution in [2.75, 3.05) is 13.2 Å². The molecule has 0 fully saturated rings. The van der Waals surface area contributed by atoms with Crippen LogP contribution in [0.25, 0.3) is 0 Å². The molecule has 1 aromatic rings. The van der Waals surface area contributed by atoms with Gasteiger partial charge in [0.2, 0.25) is 0 Å². The summed E-state index contributed by atoms with van der Waals surface area (Å²) in [5.74, 6) is 0.451. The van der Waals surface area contributed by atoms with Gasteiger partial charge in [0, 0.05) is 0 Å². The summed E-state index contributed by atoms with van der Waals surface area (Å²) < 4.78 is 5.41. The molecule has 106 valence electrons. The summed E-state index contributed by atoms with van der Waals surface area (Å²) in [7, 11) is 0. The van der Waals surface area contributed by atoms with E-state index in [4.69, 9.17) is 4.74 Å². The van der Waals surface area contributed by atoms with Crippen molar-refractivity contribution in [3.63, 3.8) is 0 Å². The molecule has 1 rings (SSSR count). The number of benzene rings is 1. The van der Waals surface area contributed by atoms with Gasteiger partial charge in [-0.05, 0) is 37.5 Å². The summed E-state index contributed by atoms with van der Waals surface area (Å²) in [5, 5.41) is 12.0. The Balaban J connectivity index is 2.45. The fourth-order valence-corrected chi connectivity index (χ4v) is 1.58. The van der Waals surface area contributed by atoms with E-state index in [1.54, 1.807) is 6.92 Å². The van der Waals surface area contributed by atoms with Crippen molar-refractivity contribution >= 4 is 5.91 Å². The predicted octanol–water partition coefficient (Wildman–Crippen LogP) is 1.90. The molecule has 1 atom stereocenters. The van der Waals surface area contributed by atoms with Gasteiger partial charge in [-0.1, -0.05) is 26.0 Å². The van der Waals surface area contributed by atoms with Crippen molar-refractivity contribution in [1.82, 2.24) is 5.32 Å². The molecule has 0 aliphatic heterocycles. The average molecular weight is 265 g/mol. The van der Waals surface area contributed by atoms with E-state index in [9.17, 15) is 9.90 Å². The lowest BCUT2D eigenvalue weighted by Crippen LogP contribution is -2.49. The second kappa shape index (κ2) is 7.14. The number of aryl methyl sites for hydroxylation is 1. The van der Waals surface area contributed by atoms with Crippen molar-refractivity contribution in [2.45, 2.75) is 39.2 Å². The third-order valence-corrected chi connectivity index (χ3v) is 3.27. The van der Waals surface area contributed by atoms with Gasteiger partial charge >= 0.3 is 0 Å². The number of carbonyl (C=O) groups is 1. The van der Waals surface area contributed by atoms with Crippen LogP contribution < -0.4 is 10.1 Å². The van der Waals surface area contributed by atoms with E-state index < -0.39 is 5.54 Å². The van der Waals surface area contributed by atoms with E-state index >= 15 is 0 Å². The average Bonchev–Trinajstić information content (AvgIpc) is 2.45. The first-order valence-corrected chi connectivity index (χ1v) is 6.66. The van der Waals surface area contributed by atoms with Crippen LogP contribution in [0.3, 0.4) is 0 Å². The van der Waals surface area contributed by atoms with Crippen LogP contribution >= 0.6 is 0 Å². The highest BCUT2D eigenvalue weighted by atomic mass is 16.5. The number of ether oxygens (including phenoxy) is 1. The zero-order chi connectivity index (χ0) is 14.3. The Morgan fingerprint density at radius 3 is 2.42 bits per heavy atom. The normalized spacial score (nSPS) is 13.7. The van der Waals surface area contributed by atoms with Gasteiger partial charge in [0.05, 0.1) is 12.1 Å². The molecule has 0 heterocycles. The Hall–Kier alpha value is -1.55. The summed E-state index contributed by atoms with van der Waals surface area (Å²) in [6.45, 7) is 5.69. The number of aliphatic hydroxyl groups excluding tert-OH is 1. The molecule has 0 spiro atoms. The Labute approximate surface area is 114 Å². The number of rotatable bonds is 7. The van der Waals surface area contributed by atoms with E-state index in [1.165, 1.54) is 5.56 Å². The largest absolute Gasteiger partial charge is 0.484 e. The predicted molar refractivity (Wildman–Crippen MR) is 75.2 cm³/mol. The maximum absolute atomic E-state index is 11.7. The van der Waals surface area contributed by atoms with Crippen LogP contribution in [0.1, 0.15) is 32.8 Å².